The highest BCUT2D eigenvalue weighted by Gasteiger charge is 2.46. The third kappa shape index (κ3) is 5.56. The Bertz CT molecular complexity index is 1450. The molecule has 4 aromatic carbocycles. The van der Waals surface area contributed by atoms with Gasteiger partial charge in [-0.1, -0.05) is 60.7 Å². The van der Waals surface area contributed by atoms with Gasteiger partial charge < -0.3 is 5.53 Å². The van der Waals surface area contributed by atoms with E-state index < -0.39 is 34.8 Å². The van der Waals surface area contributed by atoms with Gasteiger partial charge in [0, 0.05) is 8.95 Å². The predicted octanol–water partition coefficient (Wildman–Crippen LogP) is 9.65. The molecule has 0 saturated heterocycles. The van der Waals surface area contributed by atoms with Gasteiger partial charge in [-0.15, -0.1) is 0 Å². The third-order valence-electron chi connectivity index (χ3n) is 5.58. The first kappa shape index (κ1) is 26.9. The first-order chi connectivity index (χ1) is 17.4. The molecule has 0 aliphatic rings. The summed E-state index contributed by atoms with van der Waals surface area (Å²) in [4.78, 5) is 2.96. The number of halogens is 8. The summed E-state index contributed by atoms with van der Waals surface area (Å²) in [6, 6.07) is 20.7. The predicted molar refractivity (Wildman–Crippen MR) is 136 cm³/mol. The molecule has 0 bridgehead atoms. The van der Waals surface area contributed by atoms with Gasteiger partial charge in [0.15, 0.2) is 0 Å². The zero-order chi connectivity index (χ0) is 27.0. The lowest BCUT2D eigenvalue weighted by molar-refractivity contribution is -0.143. The van der Waals surface area contributed by atoms with Crippen LogP contribution >= 0.6 is 31.9 Å². The molecule has 0 heterocycles. The Morgan fingerprint density at radius 3 is 1.30 bits per heavy atom. The smallest absolute Gasteiger partial charge is 0.361 e. The Balaban J connectivity index is 2.03. The molecule has 188 valence electrons. The van der Waals surface area contributed by atoms with Crippen LogP contribution in [-0.4, -0.2) is 10.5 Å². The first-order valence-electron chi connectivity index (χ1n) is 10.6. The molecule has 0 unspecified atom stereocenters. The van der Waals surface area contributed by atoms with Gasteiger partial charge in [-0.2, -0.15) is 31.1 Å². The maximum atomic E-state index is 14.3. The summed E-state index contributed by atoms with van der Waals surface area (Å²) in [5.74, 6) is 0. The normalized spacial score (nSPS) is 11.8. The molecule has 0 atom stereocenters. The highest BCUT2D eigenvalue weighted by Crippen LogP contribution is 2.44. The molecule has 0 aromatic heterocycles. The van der Waals surface area contributed by atoms with E-state index in [-0.39, 0.29) is 25.6 Å². The van der Waals surface area contributed by atoms with E-state index >= 15 is 0 Å². The van der Waals surface area contributed by atoms with Crippen LogP contribution in [0.5, 0.6) is 0 Å². The summed E-state index contributed by atoms with van der Waals surface area (Å²) in [6.07, 6.45) is -10.4. The Labute approximate surface area is 224 Å². The molecule has 0 spiro atoms. The van der Waals surface area contributed by atoms with Crippen molar-refractivity contribution in [1.82, 2.24) is 0 Å². The average molecular weight is 640 g/mol. The van der Waals surface area contributed by atoms with Crippen molar-refractivity contribution in [3.8, 4) is 22.3 Å². The molecule has 4 aromatic rings. The largest absolute Gasteiger partial charge is 0.417 e. The van der Waals surface area contributed by atoms with E-state index in [4.69, 9.17) is 0 Å². The van der Waals surface area contributed by atoms with Gasteiger partial charge in [0.1, 0.15) is 0 Å². The van der Waals surface area contributed by atoms with Crippen LogP contribution in [-0.2, 0) is 12.4 Å². The van der Waals surface area contributed by atoms with E-state index in [0.29, 0.717) is 17.7 Å². The molecule has 0 fully saturated rings. The lowest BCUT2D eigenvalue weighted by atomic mass is 9.88. The van der Waals surface area contributed by atoms with E-state index in [1.807, 2.05) is 0 Å². The third-order valence-corrected chi connectivity index (χ3v) is 6.83. The molecule has 0 aliphatic heterocycles. The standard InChI is InChI=1S/C27H14Br2F6N2/c28-21-13-18(16-9-5-2-6-10-16)14-22(29)24(21)25(37-36)23-19(26(30,31)32)11-17(12-20(23)27(33,34)35)15-7-3-1-4-8-15/h1-14H. The van der Waals surface area contributed by atoms with Crippen molar-refractivity contribution >= 4 is 37.6 Å². The van der Waals surface area contributed by atoms with E-state index in [9.17, 15) is 31.9 Å². The number of hydrogen-bond acceptors (Lipinski definition) is 0. The molecule has 37 heavy (non-hydrogen) atoms. The Hall–Kier alpha value is -3.20. The van der Waals surface area contributed by atoms with Crippen molar-refractivity contribution in [2.45, 2.75) is 12.4 Å². The molecule has 0 aliphatic carbocycles. The van der Waals surface area contributed by atoms with Gasteiger partial charge >= 0.3 is 18.1 Å². The molecule has 0 amide bonds. The van der Waals surface area contributed by atoms with Crippen LogP contribution in [0.3, 0.4) is 0 Å². The van der Waals surface area contributed by atoms with Gasteiger partial charge in [-0.05, 0) is 78.4 Å². The van der Waals surface area contributed by atoms with Crippen LogP contribution in [0.2, 0.25) is 0 Å². The van der Waals surface area contributed by atoms with Crippen molar-refractivity contribution in [2.75, 3.05) is 0 Å². The quantitative estimate of drug-likeness (QED) is 0.0923. The Morgan fingerprint density at radius 1 is 0.568 bits per heavy atom. The fraction of sp³-hybridized carbons (Fsp3) is 0.0741. The summed E-state index contributed by atoms with van der Waals surface area (Å²) >= 11 is 6.50. The summed E-state index contributed by atoms with van der Waals surface area (Å²) in [5, 5.41) is 0. The van der Waals surface area contributed by atoms with Gasteiger partial charge in [0.2, 0.25) is 0 Å². The molecule has 0 N–H and O–H groups in total. The lowest BCUT2D eigenvalue weighted by Gasteiger charge is -2.19. The maximum Gasteiger partial charge on any atom is 0.417 e. The van der Waals surface area contributed by atoms with Gasteiger partial charge in [0.05, 0.1) is 22.3 Å². The summed E-state index contributed by atoms with van der Waals surface area (Å²) in [5.41, 5.74) is 5.61. The van der Waals surface area contributed by atoms with Crippen LogP contribution in [0, 0.1) is 0 Å². The Kier molecular flexibility index (Phi) is 7.46. The monoisotopic (exact) mass is 638 g/mol. The summed E-state index contributed by atoms with van der Waals surface area (Å²) in [7, 11) is 0. The number of nitrogens with zero attached hydrogens (tertiary/aromatic N) is 2. The molecular formula is C27H14Br2F6N2. The van der Waals surface area contributed by atoms with Crippen molar-refractivity contribution < 1.29 is 31.1 Å². The summed E-state index contributed by atoms with van der Waals surface area (Å²) < 4.78 is 86.0. The van der Waals surface area contributed by atoms with E-state index in [2.05, 4.69) is 36.6 Å². The fourth-order valence-corrected chi connectivity index (χ4v) is 5.53. The van der Waals surface area contributed by atoms with Crippen LogP contribution in [0.25, 0.3) is 27.8 Å². The second-order valence-electron chi connectivity index (χ2n) is 7.94. The highest BCUT2D eigenvalue weighted by atomic mass is 79.9. The zero-order valence-corrected chi connectivity index (χ0v) is 21.7. The number of benzene rings is 4. The van der Waals surface area contributed by atoms with Gasteiger partial charge in [-0.25, -0.2) is 0 Å². The minimum absolute atomic E-state index is 0.127. The summed E-state index contributed by atoms with van der Waals surface area (Å²) in [6.45, 7) is 0. The maximum absolute atomic E-state index is 14.3. The molecule has 0 radical (unpaired) electrons. The van der Waals surface area contributed by atoms with E-state index in [1.54, 1.807) is 36.4 Å². The second-order valence-corrected chi connectivity index (χ2v) is 9.65. The lowest BCUT2D eigenvalue weighted by Crippen LogP contribution is -2.22. The number of rotatable bonds is 4. The number of hydrogen-bond donors (Lipinski definition) is 0. The minimum atomic E-state index is -5.20. The van der Waals surface area contributed by atoms with Crippen LogP contribution in [0.1, 0.15) is 22.3 Å². The van der Waals surface area contributed by atoms with Crippen LogP contribution in [0.4, 0.5) is 26.3 Å². The zero-order valence-electron chi connectivity index (χ0n) is 18.5. The SMILES string of the molecule is [N-]=[N+]=C(c1c(Br)cc(-c2ccccc2)cc1Br)c1c(C(F)(F)F)cc(-c2ccccc2)cc1C(F)(F)F. The van der Waals surface area contributed by atoms with Gasteiger partial charge in [-0.3, -0.25) is 0 Å². The van der Waals surface area contributed by atoms with Crippen molar-refractivity contribution in [2.24, 2.45) is 0 Å². The molecule has 0 saturated carbocycles. The first-order valence-corrected chi connectivity index (χ1v) is 12.2. The van der Waals surface area contributed by atoms with Crippen LogP contribution in [0.15, 0.2) is 93.9 Å². The minimum Gasteiger partial charge on any atom is -0.361 e. The second kappa shape index (κ2) is 10.3. The van der Waals surface area contributed by atoms with Crippen molar-refractivity contribution in [3.05, 3.63) is 122 Å². The number of alkyl halides is 6. The average Bonchev–Trinajstić information content (AvgIpc) is 2.85. The van der Waals surface area contributed by atoms with Gasteiger partial charge in [0.25, 0.3) is 0 Å². The molecular weight excluding hydrogens is 626 g/mol. The van der Waals surface area contributed by atoms with Crippen molar-refractivity contribution in [1.29, 1.82) is 0 Å². The van der Waals surface area contributed by atoms with Crippen molar-refractivity contribution in [3.63, 3.8) is 0 Å². The highest BCUT2D eigenvalue weighted by molar-refractivity contribution is 9.11. The fourth-order valence-electron chi connectivity index (χ4n) is 3.96. The molecule has 4 rings (SSSR count). The van der Waals surface area contributed by atoms with E-state index in [0.717, 1.165) is 5.56 Å². The molecule has 10 heteroatoms. The van der Waals surface area contributed by atoms with E-state index in [1.165, 1.54) is 36.4 Å². The van der Waals surface area contributed by atoms with Crippen LogP contribution < -0.4 is 0 Å². The Morgan fingerprint density at radius 2 is 0.946 bits per heavy atom. The molecule has 2 nitrogen and oxygen atoms in total. The topological polar surface area (TPSA) is 36.4 Å².